The SMILES string of the molecule is Cc1c(/C=C/c2ccccc2)c(=O)n(-c2ccccc2)n1C. The van der Waals surface area contributed by atoms with E-state index in [2.05, 4.69) is 0 Å². The summed E-state index contributed by atoms with van der Waals surface area (Å²) < 4.78 is 3.59. The van der Waals surface area contributed by atoms with Crippen molar-refractivity contribution in [2.75, 3.05) is 0 Å². The maximum Gasteiger partial charge on any atom is 0.278 e. The molecule has 0 saturated carbocycles. The Kier molecular flexibility index (Phi) is 3.79. The van der Waals surface area contributed by atoms with Crippen LogP contribution in [-0.2, 0) is 7.05 Å². The molecule has 1 heterocycles. The molecule has 2 aromatic carbocycles. The molecular formula is C19H18N2O. The zero-order valence-corrected chi connectivity index (χ0v) is 12.7. The lowest BCUT2D eigenvalue weighted by molar-refractivity contribution is 0.630. The minimum Gasteiger partial charge on any atom is -0.285 e. The largest absolute Gasteiger partial charge is 0.285 e. The molecule has 0 amide bonds. The summed E-state index contributed by atoms with van der Waals surface area (Å²) >= 11 is 0. The van der Waals surface area contributed by atoms with Crippen molar-refractivity contribution >= 4 is 12.2 Å². The Morgan fingerprint density at radius 3 is 2.09 bits per heavy atom. The van der Waals surface area contributed by atoms with Gasteiger partial charge < -0.3 is 0 Å². The molecule has 3 aromatic rings. The highest BCUT2D eigenvalue weighted by atomic mass is 16.1. The van der Waals surface area contributed by atoms with E-state index in [1.165, 1.54) is 0 Å². The van der Waals surface area contributed by atoms with E-state index in [-0.39, 0.29) is 5.56 Å². The second kappa shape index (κ2) is 5.90. The molecule has 0 fully saturated rings. The third-order valence-electron chi connectivity index (χ3n) is 3.84. The number of hydrogen-bond donors (Lipinski definition) is 0. The Balaban J connectivity index is 2.08. The van der Waals surface area contributed by atoms with Gasteiger partial charge in [-0.25, -0.2) is 4.68 Å². The molecule has 0 saturated heterocycles. The number of para-hydroxylation sites is 1. The van der Waals surface area contributed by atoms with E-state index in [0.717, 1.165) is 22.5 Å². The Hall–Kier alpha value is -2.81. The zero-order valence-electron chi connectivity index (χ0n) is 12.7. The minimum atomic E-state index is -0.00150. The van der Waals surface area contributed by atoms with Gasteiger partial charge in [-0.1, -0.05) is 54.6 Å². The van der Waals surface area contributed by atoms with Crippen LogP contribution in [0.2, 0.25) is 0 Å². The second-order valence-corrected chi connectivity index (χ2v) is 5.22. The molecule has 1 aromatic heterocycles. The van der Waals surface area contributed by atoms with E-state index < -0.39 is 0 Å². The first-order valence-electron chi connectivity index (χ1n) is 7.25. The highest BCUT2D eigenvalue weighted by Crippen LogP contribution is 2.13. The maximum absolute atomic E-state index is 12.7. The number of benzene rings is 2. The highest BCUT2D eigenvalue weighted by Gasteiger charge is 2.13. The summed E-state index contributed by atoms with van der Waals surface area (Å²) in [5.41, 5.74) is 3.61. The van der Waals surface area contributed by atoms with Gasteiger partial charge in [0.1, 0.15) is 0 Å². The molecule has 0 atom stereocenters. The molecule has 22 heavy (non-hydrogen) atoms. The van der Waals surface area contributed by atoms with Crippen molar-refractivity contribution in [3.8, 4) is 5.69 Å². The van der Waals surface area contributed by atoms with Crippen LogP contribution in [0.25, 0.3) is 17.8 Å². The number of aromatic nitrogens is 2. The molecule has 0 unspecified atom stereocenters. The van der Waals surface area contributed by atoms with Crippen molar-refractivity contribution in [3.63, 3.8) is 0 Å². The maximum atomic E-state index is 12.7. The summed E-state index contributed by atoms with van der Waals surface area (Å²) in [6, 6.07) is 19.7. The van der Waals surface area contributed by atoms with Crippen molar-refractivity contribution in [2.24, 2.45) is 7.05 Å². The lowest BCUT2D eigenvalue weighted by Gasteiger charge is -2.07. The van der Waals surface area contributed by atoms with Gasteiger partial charge in [0.15, 0.2) is 0 Å². The van der Waals surface area contributed by atoms with Crippen LogP contribution in [0.4, 0.5) is 0 Å². The van der Waals surface area contributed by atoms with Crippen LogP contribution >= 0.6 is 0 Å². The van der Waals surface area contributed by atoms with E-state index in [9.17, 15) is 4.79 Å². The van der Waals surface area contributed by atoms with Gasteiger partial charge >= 0.3 is 0 Å². The van der Waals surface area contributed by atoms with Crippen LogP contribution < -0.4 is 5.56 Å². The van der Waals surface area contributed by atoms with Gasteiger partial charge in [-0.2, -0.15) is 0 Å². The number of hydrogen-bond acceptors (Lipinski definition) is 1. The molecule has 0 aliphatic carbocycles. The van der Waals surface area contributed by atoms with E-state index >= 15 is 0 Å². The standard InChI is InChI=1S/C19H18N2O/c1-15-18(14-13-16-9-5-3-6-10-16)19(22)21(20(15)2)17-11-7-4-8-12-17/h3-14H,1-2H3/b14-13+. The molecule has 3 nitrogen and oxygen atoms in total. The van der Waals surface area contributed by atoms with Crippen LogP contribution in [-0.4, -0.2) is 9.36 Å². The van der Waals surface area contributed by atoms with Crippen molar-refractivity contribution in [1.29, 1.82) is 0 Å². The summed E-state index contributed by atoms with van der Waals surface area (Å²) in [6.07, 6.45) is 3.87. The van der Waals surface area contributed by atoms with Crippen molar-refractivity contribution < 1.29 is 0 Å². The lowest BCUT2D eigenvalue weighted by Crippen LogP contribution is -2.20. The van der Waals surface area contributed by atoms with Crippen LogP contribution in [0.1, 0.15) is 16.8 Å². The molecular weight excluding hydrogens is 272 g/mol. The quantitative estimate of drug-likeness (QED) is 0.723. The van der Waals surface area contributed by atoms with Crippen LogP contribution in [0.15, 0.2) is 65.5 Å². The van der Waals surface area contributed by atoms with Crippen LogP contribution in [0, 0.1) is 6.92 Å². The van der Waals surface area contributed by atoms with E-state index in [4.69, 9.17) is 0 Å². The predicted molar refractivity (Wildman–Crippen MR) is 91.1 cm³/mol. The molecule has 3 heteroatoms. The Morgan fingerprint density at radius 1 is 0.864 bits per heavy atom. The second-order valence-electron chi connectivity index (χ2n) is 5.22. The van der Waals surface area contributed by atoms with Gasteiger partial charge in [0, 0.05) is 12.7 Å². The van der Waals surface area contributed by atoms with Crippen molar-refractivity contribution in [3.05, 3.63) is 87.8 Å². The summed E-state index contributed by atoms with van der Waals surface area (Å²) in [7, 11) is 1.91. The molecule has 0 aliphatic rings. The average molecular weight is 290 g/mol. The van der Waals surface area contributed by atoms with Crippen molar-refractivity contribution in [2.45, 2.75) is 6.92 Å². The number of nitrogens with zero attached hydrogens (tertiary/aromatic N) is 2. The van der Waals surface area contributed by atoms with Gasteiger partial charge in [-0.3, -0.25) is 9.48 Å². The van der Waals surface area contributed by atoms with Crippen LogP contribution in [0.5, 0.6) is 0 Å². The van der Waals surface area contributed by atoms with E-state index in [1.807, 2.05) is 91.5 Å². The number of rotatable bonds is 3. The smallest absolute Gasteiger partial charge is 0.278 e. The first-order chi connectivity index (χ1) is 10.7. The Labute approximate surface area is 129 Å². The lowest BCUT2D eigenvalue weighted by atomic mass is 10.1. The fraction of sp³-hybridized carbons (Fsp3) is 0.105. The first kappa shape index (κ1) is 14.1. The van der Waals surface area contributed by atoms with Gasteiger partial charge in [0.25, 0.3) is 5.56 Å². The molecule has 0 N–H and O–H groups in total. The summed E-state index contributed by atoms with van der Waals surface area (Å²) in [5.74, 6) is 0. The molecule has 0 spiro atoms. The highest BCUT2D eigenvalue weighted by molar-refractivity contribution is 5.70. The first-order valence-corrected chi connectivity index (χ1v) is 7.25. The molecule has 0 bridgehead atoms. The summed E-state index contributed by atoms with van der Waals surface area (Å²) in [4.78, 5) is 12.7. The average Bonchev–Trinajstić information content (AvgIpc) is 2.77. The Morgan fingerprint density at radius 2 is 1.45 bits per heavy atom. The predicted octanol–water partition coefficient (Wildman–Crippen LogP) is 3.65. The third-order valence-corrected chi connectivity index (χ3v) is 3.84. The minimum absolute atomic E-state index is 0.00150. The summed E-state index contributed by atoms with van der Waals surface area (Å²) in [6.45, 7) is 1.96. The van der Waals surface area contributed by atoms with Gasteiger partial charge in [0.05, 0.1) is 11.3 Å². The third kappa shape index (κ3) is 2.53. The fourth-order valence-electron chi connectivity index (χ4n) is 2.52. The normalized spacial score (nSPS) is 11.2. The monoisotopic (exact) mass is 290 g/mol. The summed E-state index contributed by atoms with van der Waals surface area (Å²) in [5, 5.41) is 0. The van der Waals surface area contributed by atoms with Crippen molar-refractivity contribution in [1.82, 2.24) is 9.36 Å². The van der Waals surface area contributed by atoms with Gasteiger partial charge in [0.2, 0.25) is 0 Å². The molecule has 0 radical (unpaired) electrons. The van der Waals surface area contributed by atoms with Crippen LogP contribution in [0.3, 0.4) is 0 Å². The fourth-order valence-corrected chi connectivity index (χ4v) is 2.52. The van der Waals surface area contributed by atoms with E-state index in [0.29, 0.717) is 0 Å². The molecule has 3 rings (SSSR count). The zero-order chi connectivity index (χ0) is 15.5. The Bertz CT molecular complexity index is 856. The molecule has 0 aliphatic heterocycles. The topological polar surface area (TPSA) is 26.9 Å². The van der Waals surface area contributed by atoms with Gasteiger partial charge in [-0.05, 0) is 30.7 Å². The van der Waals surface area contributed by atoms with Gasteiger partial charge in [-0.15, -0.1) is 0 Å². The molecule has 110 valence electrons. The van der Waals surface area contributed by atoms with E-state index in [1.54, 1.807) is 4.68 Å².